The second kappa shape index (κ2) is 5.36. The minimum atomic E-state index is 0.680. The van der Waals surface area contributed by atoms with Gasteiger partial charge in [0.05, 0.1) is 11.2 Å². The van der Waals surface area contributed by atoms with Gasteiger partial charge in [-0.2, -0.15) is 5.10 Å². The number of fused-ring (bicyclic) bond motifs is 1. The predicted molar refractivity (Wildman–Crippen MR) is 80.3 cm³/mol. The maximum absolute atomic E-state index is 4.80. The van der Waals surface area contributed by atoms with Crippen LogP contribution >= 0.6 is 0 Å². The van der Waals surface area contributed by atoms with E-state index in [-0.39, 0.29) is 0 Å². The first kappa shape index (κ1) is 12.7. The van der Waals surface area contributed by atoms with E-state index in [2.05, 4.69) is 38.2 Å². The molecular formula is C17H24N2. The largest absolute Gasteiger partial charge is 0.268 e. The summed E-state index contributed by atoms with van der Waals surface area (Å²) in [5.41, 5.74) is 2.61. The van der Waals surface area contributed by atoms with Crippen LogP contribution in [0.5, 0.6) is 0 Å². The Balaban J connectivity index is 1.82. The van der Waals surface area contributed by atoms with Crippen molar-refractivity contribution in [2.45, 2.75) is 51.4 Å². The molecule has 1 aliphatic carbocycles. The van der Waals surface area contributed by atoms with Crippen LogP contribution in [0.15, 0.2) is 24.3 Å². The number of nitrogens with zero attached hydrogens (tertiary/aromatic N) is 2. The topological polar surface area (TPSA) is 17.8 Å². The average molecular weight is 256 g/mol. The van der Waals surface area contributed by atoms with Crippen LogP contribution in [0.2, 0.25) is 0 Å². The molecule has 0 saturated heterocycles. The third kappa shape index (κ3) is 2.41. The van der Waals surface area contributed by atoms with Gasteiger partial charge in [0, 0.05) is 18.4 Å². The van der Waals surface area contributed by atoms with Crippen molar-refractivity contribution in [3.05, 3.63) is 30.0 Å². The van der Waals surface area contributed by atoms with Gasteiger partial charge in [-0.3, -0.25) is 4.68 Å². The Hall–Kier alpha value is -1.31. The van der Waals surface area contributed by atoms with Crippen molar-refractivity contribution in [1.29, 1.82) is 0 Å². The first-order valence-corrected chi connectivity index (χ1v) is 7.71. The molecule has 1 aromatic carbocycles. The number of aryl methyl sites for hydroxylation is 1. The van der Waals surface area contributed by atoms with E-state index >= 15 is 0 Å². The van der Waals surface area contributed by atoms with E-state index in [9.17, 15) is 0 Å². The highest BCUT2D eigenvalue weighted by Gasteiger charge is 2.25. The zero-order valence-corrected chi connectivity index (χ0v) is 12.1. The highest BCUT2D eigenvalue weighted by Crippen LogP contribution is 2.39. The zero-order valence-electron chi connectivity index (χ0n) is 12.1. The minimum Gasteiger partial charge on any atom is -0.268 e. The van der Waals surface area contributed by atoms with Gasteiger partial charge in [-0.15, -0.1) is 0 Å². The van der Waals surface area contributed by atoms with Crippen molar-refractivity contribution >= 4 is 10.9 Å². The number of aromatic nitrogens is 2. The molecule has 0 radical (unpaired) electrons. The second-order valence-corrected chi connectivity index (χ2v) is 6.03. The lowest BCUT2D eigenvalue weighted by molar-refractivity contribution is 0.305. The molecule has 1 saturated carbocycles. The van der Waals surface area contributed by atoms with E-state index in [4.69, 9.17) is 5.10 Å². The number of rotatable bonds is 3. The monoisotopic (exact) mass is 256 g/mol. The lowest BCUT2D eigenvalue weighted by Gasteiger charge is -2.27. The van der Waals surface area contributed by atoms with Gasteiger partial charge in [0.2, 0.25) is 0 Å². The zero-order chi connectivity index (χ0) is 13.2. The first-order chi connectivity index (χ1) is 9.29. The van der Waals surface area contributed by atoms with Gasteiger partial charge in [-0.1, -0.05) is 38.0 Å². The lowest BCUT2D eigenvalue weighted by Crippen LogP contribution is -2.14. The summed E-state index contributed by atoms with van der Waals surface area (Å²) in [6, 6.07) is 8.65. The summed E-state index contributed by atoms with van der Waals surface area (Å²) < 4.78 is 2.04. The number of benzene rings is 1. The molecule has 0 spiro atoms. The molecular weight excluding hydrogens is 232 g/mol. The Kier molecular flexibility index (Phi) is 3.58. The summed E-state index contributed by atoms with van der Waals surface area (Å²) in [5.74, 6) is 1.65. The van der Waals surface area contributed by atoms with Crippen molar-refractivity contribution < 1.29 is 0 Å². The second-order valence-electron chi connectivity index (χ2n) is 6.03. The fraction of sp³-hybridized carbons (Fsp3) is 0.588. The summed E-state index contributed by atoms with van der Waals surface area (Å²) in [5, 5.41) is 6.17. The van der Waals surface area contributed by atoms with Crippen molar-refractivity contribution in [2.24, 2.45) is 13.0 Å². The van der Waals surface area contributed by atoms with E-state index in [1.54, 1.807) is 0 Å². The molecule has 0 N–H and O–H groups in total. The first-order valence-electron chi connectivity index (χ1n) is 7.71. The average Bonchev–Trinajstić information content (AvgIpc) is 2.78. The molecule has 0 amide bonds. The molecule has 0 aliphatic heterocycles. The van der Waals surface area contributed by atoms with Crippen molar-refractivity contribution in [2.75, 3.05) is 0 Å². The summed E-state index contributed by atoms with van der Waals surface area (Å²) in [6.45, 7) is 2.30. The lowest BCUT2D eigenvalue weighted by atomic mass is 9.78. The Morgan fingerprint density at radius 2 is 1.89 bits per heavy atom. The summed E-state index contributed by atoms with van der Waals surface area (Å²) in [6.07, 6.45) is 8.18. The normalized spacial score (nSPS) is 23.9. The van der Waals surface area contributed by atoms with Crippen LogP contribution in [0.4, 0.5) is 0 Å². The molecule has 1 heterocycles. The van der Waals surface area contributed by atoms with Crippen molar-refractivity contribution in [3.8, 4) is 0 Å². The van der Waals surface area contributed by atoms with E-state index in [0.29, 0.717) is 5.92 Å². The van der Waals surface area contributed by atoms with Crippen LogP contribution in [-0.2, 0) is 7.05 Å². The highest BCUT2D eigenvalue weighted by molar-refractivity contribution is 5.82. The molecule has 2 nitrogen and oxygen atoms in total. The Labute approximate surface area is 115 Å². The maximum Gasteiger partial charge on any atom is 0.0734 e. The molecule has 2 aromatic rings. The van der Waals surface area contributed by atoms with Crippen LogP contribution in [-0.4, -0.2) is 9.78 Å². The standard InChI is InChI=1S/C17H24N2/c1-3-6-13-9-11-14(12-10-13)17-15-7-4-5-8-16(15)19(2)18-17/h4-5,7-8,13-14H,3,6,9-12H2,1-2H3. The van der Waals surface area contributed by atoms with Crippen molar-refractivity contribution in [3.63, 3.8) is 0 Å². The fourth-order valence-corrected chi connectivity index (χ4v) is 3.68. The van der Waals surface area contributed by atoms with Gasteiger partial charge in [0.15, 0.2) is 0 Å². The quantitative estimate of drug-likeness (QED) is 0.781. The van der Waals surface area contributed by atoms with Gasteiger partial charge in [0.1, 0.15) is 0 Å². The highest BCUT2D eigenvalue weighted by atomic mass is 15.3. The van der Waals surface area contributed by atoms with Crippen LogP contribution in [0, 0.1) is 5.92 Å². The Morgan fingerprint density at radius 3 is 2.63 bits per heavy atom. The molecule has 0 atom stereocenters. The third-order valence-corrected chi connectivity index (χ3v) is 4.72. The molecule has 2 heteroatoms. The number of hydrogen-bond donors (Lipinski definition) is 0. The Morgan fingerprint density at radius 1 is 1.16 bits per heavy atom. The van der Waals surface area contributed by atoms with E-state index in [1.165, 1.54) is 55.1 Å². The summed E-state index contributed by atoms with van der Waals surface area (Å²) >= 11 is 0. The van der Waals surface area contributed by atoms with E-state index in [0.717, 1.165) is 5.92 Å². The van der Waals surface area contributed by atoms with Gasteiger partial charge < -0.3 is 0 Å². The van der Waals surface area contributed by atoms with Crippen LogP contribution in [0.3, 0.4) is 0 Å². The maximum atomic E-state index is 4.80. The molecule has 3 rings (SSSR count). The van der Waals surface area contributed by atoms with Gasteiger partial charge in [-0.25, -0.2) is 0 Å². The fourth-order valence-electron chi connectivity index (χ4n) is 3.68. The molecule has 1 aliphatic rings. The Bertz CT molecular complexity index is 547. The SMILES string of the molecule is CCCC1CCC(c2nn(C)c3ccccc23)CC1. The molecule has 0 unspecified atom stereocenters. The van der Waals surface area contributed by atoms with Gasteiger partial charge in [0.25, 0.3) is 0 Å². The molecule has 1 fully saturated rings. The molecule has 1 aromatic heterocycles. The number of hydrogen-bond acceptors (Lipinski definition) is 1. The van der Waals surface area contributed by atoms with Crippen molar-refractivity contribution in [1.82, 2.24) is 9.78 Å². The molecule has 0 bridgehead atoms. The minimum absolute atomic E-state index is 0.680. The van der Waals surface area contributed by atoms with Crippen LogP contribution < -0.4 is 0 Å². The van der Waals surface area contributed by atoms with Crippen LogP contribution in [0.25, 0.3) is 10.9 Å². The number of para-hydroxylation sites is 1. The molecule has 19 heavy (non-hydrogen) atoms. The van der Waals surface area contributed by atoms with Crippen LogP contribution in [0.1, 0.15) is 57.1 Å². The summed E-state index contributed by atoms with van der Waals surface area (Å²) in [7, 11) is 2.06. The smallest absolute Gasteiger partial charge is 0.0734 e. The van der Waals surface area contributed by atoms with Gasteiger partial charge >= 0.3 is 0 Å². The predicted octanol–water partition coefficient (Wildman–Crippen LogP) is 4.65. The van der Waals surface area contributed by atoms with E-state index < -0.39 is 0 Å². The third-order valence-electron chi connectivity index (χ3n) is 4.72. The van der Waals surface area contributed by atoms with E-state index in [1.807, 2.05) is 4.68 Å². The molecule has 102 valence electrons. The summed E-state index contributed by atoms with van der Waals surface area (Å²) in [4.78, 5) is 0. The van der Waals surface area contributed by atoms with Gasteiger partial charge in [-0.05, 0) is 37.7 Å².